The van der Waals surface area contributed by atoms with Crippen molar-refractivity contribution in [2.75, 3.05) is 0 Å². The van der Waals surface area contributed by atoms with E-state index in [1.54, 1.807) is 0 Å². The van der Waals surface area contributed by atoms with Crippen LogP contribution in [0.4, 0.5) is 10.1 Å². The fourth-order valence-corrected chi connectivity index (χ4v) is 1.94. The molecule has 0 fully saturated rings. The van der Waals surface area contributed by atoms with Gasteiger partial charge in [0.15, 0.2) is 0 Å². The predicted molar refractivity (Wildman–Crippen MR) is 69.6 cm³/mol. The van der Waals surface area contributed by atoms with E-state index >= 15 is 0 Å². The fraction of sp³-hybridized carbons (Fsp3) is 0. The summed E-state index contributed by atoms with van der Waals surface area (Å²) in [4.78, 5) is 9.90. The second-order valence-corrected chi connectivity index (χ2v) is 4.48. The van der Waals surface area contributed by atoms with Crippen molar-refractivity contribution in [2.24, 2.45) is 0 Å². The summed E-state index contributed by atoms with van der Waals surface area (Å²) in [6.07, 6.45) is 0. The molecule has 2 rings (SSSR count). The van der Waals surface area contributed by atoms with Crippen LogP contribution in [0.25, 0.3) is 0 Å². The number of halogens is 3. The van der Waals surface area contributed by atoms with Gasteiger partial charge in [-0.2, -0.15) is 0 Å². The van der Waals surface area contributed by atoms with E-state index < -0.39 is 16.4 Å². The molecule has 0 aliphatic carbocycles. The van der Waals surface area contributed by atoms with Crippen molar-refractivity contribution in [3.05, 3.63) is 62.4 Å². The van der Waals surface area contributed by atoms with Crippen molar-refractivity contribution < 1.29 is 14.1 Å². The molecule has 19 heavy (non-hydrogen) atoms. The van der Waals surface area contributed by atoms with Gasteiger partial charge in [-0.05, 0) is 18.2 Å². The van der Waals surface area contributed by atoms with Gasteiger partial charge in [-0.1, -0.05) is 23.2 Å². The summed E-state index contributed by atoms with van der Waals surface area (Å²) < 4.78 is 18.5. The smallest absolute Gasteiger partial charge is 0.276 e. The Hall–Kier alpha value is -1.85. The zero-order valence-corrected chi connectivity index (χ0v) is 10.8. The van der Waals surface area contributed by atoms with Crippen LogP contribution in [0.5, 0.6) is 11.5 Å². The van der Waals surface area contributed by atoms with Gasteiger partial charge >= 0.3 is 0 Å². The Bertz CT molecular complexity index is 629. The van der Waals surface area contributed by atoms with Crippen LogP contribution in [0, 0.1) is 15.9 Å². The molecule has 0 saturated carbocycles. The maximum atomic E-state index is 13.2. The molecule has 0 spiro atoms. The van der Waals surface area contributed by atoms with Crippen molar-refractivity contribution in [1.82, 2.24) is 0 Å². The summed E-state index contributed by atoms with van der Waals surface area (Å²) in [5.74, 6) is -0.514. The molecule has 0 aromatic heterocycles. The second kappa shape index (κ2) is 5.42. The van der Waals surface area contributed by atoms with Crippen LogP contribution in [0.3, 0.4) is 0 Å². The number of nitrogens with zero attached hydrogens (tertiary/aromatic N) is 1. The van der Waals surface area contributed by atoms with Crippen molar-refractivity contribution >= 4 is 28.9 Å². The third-order valence-electron chi connectivity index (χ3n) is 2.14. The summed E-state index contributed by atoms with van der Waals surface area (Å²) in [6.45, 7) is 0. The molecule has 0 atom stereocenters. The highest BCUT2D eigenvalue weighted by Crippen LogP contribution is 2.30. The number of nitro groups is 1. The van der Waals surface area contributed by atoms with E-state index in [2.05, 4.69) is 0 Å². The largest absolute Gasteiger partial charge is 0.457 e. The van der Waals surface area contributed by atoms with Gasteiger partial charge in [-0.3, -0.25) is 10.1 Å². The van der Waals surface area contributed by atoms with Crippen LogP contribution < -0.4 is 4.74 Å². The Kier molecular flexibility index (Phi) is 3.87. The van der Waals surface area contributed by atoms with Gasteiger partial charge in [0.2, 0.25) is 0 Å². The zero-order chi connectivity index (χ0) is 14.0. The molecule has 4 nitrogen and oxygen atoms in total. The molecule has 0 radical (unpaired) electrons. The molecule has 0 aliphatic heterocycles. The minimum absolute atomic E-state index is 0.00923. The maximum Gasteiger partial charge on any atom is 0.276 e. The number of benzene rings is 2. The fourth-order valence-electron chi connectivity index (χ4n) is 1.44. The predicted octanol–water partition coefficient (Wildman–Crippen LogP) is 4.83. The first-order valence-corrected chi connectivity index (χ1v) is 5.78. The van der Waals surface area contributed by atoms with Crippen LogP contribution in [0.2, 0.25) is 10.0 Å². The van der Waals surface area contributed by atoms with E-state index in [0.717, 1.165) is 18.2 Å². The summed E-state index contributed by atoms with van der Waals surface area (Å²) in [7, 11) is 0. The first kappa shape index (κ1) is 13.6. The average molecular weight is 302 g/mol. The monoisotopic (exact) mass is 301 g/mol. The van der Waals surface area contributed by atoms with E-state index in [1.807, 2.05) is 0 Å². The third kappa shape index (κ3) is 3.56. The van der Waals surface area contributed by atoms with Crippen LogP contribution in [0.15, 0.2) is 36.4 Å². The lowest BCUT2D eigenvalue weighted by molar-refractivity contribution is -0.385. The molecule has 0 N–H and O–H groups in total. The van der Waals surface area contributed by atoms with E-state index in [1.165, 1.54) is 18.2 Å². The standard InChI is InChI=1S/C12H6Cl2FNO3/c13-7-1-8(14)3-11(2-7)19-12-5-9(15)4-10(6-12)16(17)18/h1-6H. The van der Waals surface area contributed by atoms with Gasteiger partial charge in [-0.15, -0.1) is 0 Å². The molecule has 2 aromatic rings. The molecule has 98 valence electrons. The Morgan fingerprint density at radius 3 is 2.16 bits per heavy atom. The highest BCUT2D eigenvalue weighted by Gasteiger charge is 2.11. The Labute approximate surface area is 117 Å². The normalized spacial score (nSPS) is 10.3. The van der Waals surface area contributed by atoms with E-state index in [9.17, 15) is 14.5 Å². The number of non-ortho nitro benzene ring substituents is 1. The van der Waals surface area contributed by atoms with Gasteiger partial charge in [0.25, 0.3) is 5.69 Å². The minimum Gasteiger partial charge on any atom is -0.457 e. The summed E-state index contributed by atoms with van der Waals surface area (Å²) in [5, 5.41) is 11.3. The molecular formula is C12H6Cl2FNO3. The topological polar surface area (TPSA) is 52.4 Å². The number of nitro benzene ring substituents is 1. The summed E-state index contributed by atoms with van der Waals surface area (Å²) in [5.41, 5.74) is -0.400. The van der Waals surface area contributed by atoms with Crippen LogP contribution in [-0.4, -0.2) is 4.92 Å². The van der Waals surface area contributed by atoms with E-state index in [0.29, 0.717) is 10.0 Å². The molecule has 7 heteroatoms. The van der Waals surface area contributed by atoms with Crippen molar-refractivity contribution in [2.45, 2.75) is 0 Å². The summed E-state index contributed by atoms with van der Waals surface area (Å²) >= 11 is 11.6. The van der Waals surface area contributed by atoms with Crippen molar-refractivity contribution in [1.29, 1.82) is 0 Å². The van der Waals surface area contributed by atoms with Gasteiger partial charge in [-0.25, -0.2) is 4.39 Å². The first-order chi connectivity index (χ1) is 8.94. The molecule has 0 unspecified atom stereocenters. The number of hydrogen-bond acceptors (Lipinski definition) is 3. The van der Waals surface area contributed by atoms with Crippen molar-refractivity contribution in [3.63, 3.8) is 0 Å². The van der Waals surface area contributed by atoms with Crippen LogP contribution in [0.1, 0.15) is 0 Å². The Morgan fingerprint density at radius 1 is 1.00 bits per heavy atom. The van der Waals surface area contributed by atoms with Crippen molar-refractivity contribution in [3.8, 4) is 11.5 Å². The molecule has 0 amide bonds. The Morgan fingerprint density at radius 2 is 1.58 bits per heavy atom. The molecule has 2 aromatic carbocycles. The SMILES string of the molecule is O=[N+]([O-])c1cc(F)cc(Oc2cc(Cl)cc(Cl)c2)c1. The van der Waals surface area contributed by atoms with Crippen LogP contribution >= 0.6 is 23.2 Å². The summed E-state index contributed by atoms with van der Waals surface area (Å²) in [6, 6.07) is 7.37. The molecule has 0 heterocycles. The molecule has 0 aliphatic rings. The van der Waals surface area contributed by atoms with Gasteiger partial charge in [0.1, 0.15) is 17.3 Å². The highest BCUT2D eigenvalue weighted by atomic mass is 35.5. The van der Waals surface area contributed by atoms with Gasteiger partial charge in [0.05, 0.1) is 17.1 Å². The lowest BCUT2D eigenvalue weighted by atomic mass is 10.3. The highest BCUT2D eigenvalue weighted by molar-refractivity contribution is 6.34. The van der Waals surface area contributed by atoms with Crippen LogP contribution in [-0.2, 0) is 0 Å². The maximum absolute atomic E-state index is 13.2. The molecule has 0 bridgehead atoms. The van der Waals surface area contributed by atoms with E-state index in [-0.39, 0.29) is 11.5 Å². The lowest BCUT2D eigenvalue weighted by Crippen LogP contribution is -1.91. The average Bonchev–Trinajstić information content (AvgIpc) is 2.26. The second-order valence-electron chi connectivity index (χ2n) is 3.61. The number of ether oxygens (including phenoxy) is 1. The lowest BCUT2D eigenvalue weighted by Gasteiger charge is -2.06. The third-order valence-corrected chi connectivity index (χ3v) is 2.58. The Balaban J connectivity index is 2.35. The molecule has 0 saturated heterocycles. The quantitative estimate of drug-likeness (QED) is 0.602. The number of rotatable bonds is 3. The van der Waals surface area contributed by atoms with E-state index in [4.69, 9.17) is 27.9 Å². The number of hydrogen-bond donors (Lipinski definition) is 0. The zero-order valence-electron chi connectivity index (χ0n) is 9.27. The minimum atomic E-state index is -0.766. The molecular weight excluding hydrogens is 296 g/mol. The van der Waals surface area contributed by atoms with Gasteiger partial charge in [0, 0.05) is 16.1 Å². The first-order valence-electron chi connectivity index (χ1n) is 5.03. The van der Waals surface area contributed by atoms with Gasteiger partial charge < -0.3 is 4.74 Å².